The number of hydrogen-bond donors (Lipinski definition) is 1. The molecule has 0 aliphatic heterocycles. The number of fused-ring (bicyclic) bond motifs is 1. The van der Waals surface area contributed by atoms with Crippen LogP contribution in [-0.4, -0.2) is 5.11 Å². The van der Waals surface area contributed by atoms with E-state index in [-0.39, 0.29) is 6.61 Å². The molecule has 0 aliphatic carbocycles. The molecule has 0 atom stereocenters. The maximum absolute atomic E-state index is 8.99. The van der Waals surface area contributed by atoms with Crippen molar-refractivity contribution >= 4 is 11.0 Å². The summed E-state index contributed by atoms with van der Waals surface area (Å²) in [5, 5.41) is 18.5. The molecule has 1 aromatic heterocycles. The monoisotopic (exact) mass is 173 g/mol. The molecule has 1 heterocycles. The van der Waals surface area contributed by atoms with Crippen molar-refractivity contribution in [3.63, 3.8) is 0 Å². The number of benzene rings is 1. The Bertz CT molecular complexity index is 479. The van der Waals surface area contributed by atoms with E-state index in [2.05, 4.69) is 0 Å². The van der Waals surface area contributed by atoms with Crippen LogP contribution in [-0.2, 0) is 6.61 Å². The summed E-state index contributed by atoms with van der Waals surface area (Å²) in [5.41, 5.74) is 1.83. The van der Waals surface area contributed by atoms with Crippen LogP contribution in [0, 0.1) is 11.3 Å². The van der Waals surface area contributed by atoms with Crippen LogP contribution in [0.4, 0.5) is 0 Å². The number of nitrogens with zero attached hydrogens (tertiary/aromatic N) is 1. The van der Waals surface area contributed by atoms with Crippen LogP contribution in [0.2, 0.25) is 0 Å². The molecule has 0 aliphatic rings. The Morgan fingerprint density at radius 3 is 2.92 bits per heavy atom. The van der Waals surface area contributed by atoms with Gasteiger partial charge in [0, 0.05) is 5.39 Å². The smallest absolute Gasteiger partial charge is 0.151 e. The predicted molar refractivity (Wildman–Crippen MR) is 46.9 cm³/mol. The van der Waals surface area contributed by atoms with Crippen molar-refractivity contribution in [1.29, 1.82) is 5.26 Å². The molecule has 3 heteroatoms. The normalized spacial score (nSPS) is 10.2. The van der Waals surface area contributed by atoms with E-state index >= 15 is 0 Å². The van der Waals surface area contributed by atoms with Gasteiger partial charge in [-0.25, -0.2) is 0 Å². The van der Waals surface area contributed by atoms with E-state index < -0.39 is 0 Å². The van der Waals surface area contributed by atoms with Crippen LogP contribution in [0.25, 0.3) is 11.0 Å². The largest absolute Gasteiger partial charge is 0.463 e. The Morgan fingerprint density at radius 2 is 2.23 bits per heavy atom. The van der Waals surface area contributed by atoms with Crippen molar-refractivity contribution in [3.8, 4) is 6.07 Å². The van der Waals surface area contributed by atoms with Gasteiger partial charge in [-0.15, -0.1) is 0 Å². The fourth-order valence-corrected chi connectivity index (χ4v) is 1.35. The second-order valence-corrected chi connectivity index (χ2v) is 2.71. The molecule has 0 saturated carbocycles. The van der Waals surface area contributed by atoms with E-state index in [1.807, 2.05) is 6.07 Å². The maximum Gasteiger partial charge on any atom is 0.151 e. The molecule has 1 N–H and O–H groups in total. The highest BCUT2D eigenvalue weighted by molar-refractivity contribution is 5.85. The lowest BCUT2D eigenvalue weighted by Gasteiger charge is -1.98. The summed E-state index contributed by atoms with van der Waals surface area (Å²) in [6.45, 7) is -0.0399. The molecule has 2 rings (SSSR count). The standard InChI is InChI=1S/C10H7NO2/c11-5-7-1-2-8(6-12)9-3-4-13-10(7)9/h1-4,12H,6H2. The molecule has 0 bridgehead atoms. The van der Waals surface area contributed by atoms with Gasteiger partial charge in [-0.1, -0.05) is 6.07 Å². The van der Waals surface area contributed by atoms with E-state index in [1.165, 1.54) is 6.26 Å². The van der Waals surface area contributed by atoms with Crippen molar-refractivity contribution in [2.75, 3.05) is 0 Å². The lowest BCUT2D eigenvalue weighted by Crippen LogP contribution is -1.85. The molecule has 0 amide bonds. The van der Waals surface area contributed by atoms with Gasteiger partial charge in [-0.3, -0.25) is 0 Å². The molecule has 1 aromatic carbocycles. The van der Waals surface area contributed by atoms with Crippen molar-refractivity contribution in [3.05, 3.63) is 35.6 Å². The van der Waals surface area contributed by atoms with Gasteiger partial charge < -0.3 is 9.52 Å². The SMILES string of the molecule is N#Cc1ccc(CO)c2ccoc12. The number of nitriles is 1. The number of hydrogen-bond acceptors (Lipinski definition) is 3. The minimum Gasteiger partial charge on any atom is -0.463 e. The number of aliphatic hydroxyl groups excluding tert-OH is 1. The van der Waals surface area contributed by atoms with Crippen LogP contribution < -0.4 is 0 Å². The van der Waals surface area contributed by atoms with Gasteiger partial charge in [0.1, 0.15) is 6.07 Å². The first kappa shape index (κ1) is 7.84. The van der Waals surface area contributed by atoms with Gasteiger partial charge in [0.25, 0.3) is 0 Å². The molecule has 13 heavy (non-hydrogen) atoms. The van der Waals surface area contributed by atoms with E-state index in [9.17, 15) is 0 Å². The summed E-state index contributed by atoms with van der Waals surface area (Å²) >= 11 is 0. The Labute approximate surface area is 74.8 Å². The number of furan rings is 1. The number of aliphatic hydroxyl groups is 1. The lowest BCUT2D eigenvalue weighted by molar-refractivity contribution is 0.283. The van der Waals surface area contributed by atoms with Crippen molar-refractivity contribution in [2.45, 2.75) is 6.61 Å². The van der Waals surface area contributed by atoms with Crippen LogP contribution in [0.5, 0.6) is 0 Å². The third kappa shape index (κ3) is 1.08. The first-order valence-electron chi connectivity index (χ1n) is 3.87. The molecule has 0 fully saturated rings. The third-order valence-corrected chi connectivity index (χ3v) is 2.00. The zero-order valence-electron chi connectivity index (χ0n) is 6.82. The van der Waals surface area contributed by atoms with E-state index in [4.69, 9.17) is 14.8 Å². The van der Waals surface area contributed by atoms with Gasteiger partial charge >= 0.3 is 0 Å². The summed E-state index contributed by atoms with van der Waals surface area (Å²) in [4.78, 5) is 0. The molecule has 64 valence electrons. The topological polar surface area (TPSA) is 57.2 Å². The fourth-order valence-electron chi connectivity index (χ4n) is 1.35. The second-order valence-electron chi connectivity index (χ2n) is 2.71. The number of rotatable bonds is 1. The molecule has 0 unspecified atom stereocenters. The zero-order valence-corrected chi connectivity index (χ0v) is 6.82. The quantitative estimate of drug-likeness (QED) is 0.715. The first-order valence-corrected chi connectivity index (χ1v) is 3.87. The Hall–Kier alpha value is -1.79. The third-order valence-electron chi connectivity index (χ3n) is 2.00. The Balaban J connectivity index is 2.83. The van der Waals surface area contributed by atoms with Gasteiger partial charge in [-0.2, -0.15) is 5.26 Å². The first-order chi connectivity index (χ1) is 6.36. The zero-order chi connectivity index (χ0) is 9.26. The summed E-state index contributed by atoms with van der Waals surface area (Å²) in [7, 11) is 0. The van der Waals surface area contributed by atoms with Crippen molar-refractivity contribution in [2.24, 2.45) is 0 Å². The van der Waals surface area contributed by atoms with E-state index in [0.717, 1.165) is 10.9 Å². The van der Waals surface area contributed by atoms with Gasteiger partial charge in [0.2, 0.25) is 0 Å². The summed E-state index contributed by atoms with van der Waals surface area (Å²) < 4.78 is 5.15. The minimum atomic E-state index is -0.0399. The average molecular weight is 173 g/mol. The van der Waals surface area contributed by atoms with E-state index in [1.54, 1.807) is 18.2 Å². The van der Waals surface area contributed by atoms with Crippen LogP contribution in [0.3, 0.4) is 0 Å². The Morgan fingerprint density at radius 1 is 1.38 bits per heavy atom. The lowest BCUT2D eigenvalue weighted by atomic mass is 10.1. The molecular weight excluding hydrogens is 166 g/mol. The highest BCUT2D eigenvalue weighted by Gasteiger charge is 2.07. The Kier molecular flexibility index (Phi) is 1.76. The van der Waals surface area contributed by atoms with Crippen LogP contribution in [0.1, 0.15) is 11.1 Å². The van der Waals surface area contributed by atoms with E-state index in [0.29, 0.717) is 11.1 Å². The highest BCUT2D eigenvalue weighted by atomic mass is 16.3. The molecule has 0 saturated heterocycles. The minimum absolute atomic E-state index is 0.0399. The van der Waals surface area contributed by atoms with Crippen LogP contribution >= 0.6 is 0 Å². The average Bonchev–Trinajstić information content (AvgIpc) is 2.64. The van der Waals surface area contributed by atoms with Gasteiger partial charge in [0.15, 0.2) is 5.58 Å². The van der Waals surface area contributed by atoms with Crippen LogP contribution in [0.15, 0.2) is 28.9 Å². The summed E-state index contributed by atoms with van der Waals surface area (Å²) in [6.07, 6.45) is 1.52. The fraction of sp³-hybridized carbons (Fsp3) is 0.100. The second kappa shape index (κ2) is 2.92. The van der Waals surface area contributed by atoms with Gasteiger partial charge in [-0.05, 0) is 17.7 Å². The summed E-state index contributed by atoms with van der Waals surface area (Å²) in [6, 6.07) is 7.17. The molecule has 3 nitrogen and oxygen atoms in total. The van der Waals surface area contributed by atoms with Crippen molar-refractivity contribution < 1.29 is 9.52 Å². The predicted octanol–water partition coefficient (Wildman–Crippen LogP) is 1.80. The molecule has 0 radical (unpaired) electrons. The highest BCUT2D eigenvalue weighted by Crippen LogP contribution is 2.23. The summed E-state index contributed by atoms with van der Waals surface area (Å²) in [5.74, 6) is 0. The molecule has 0 spiro atoms. The molecular formula is C10H7NO2. The van der Waals surface area contributed by atoms with Gasteiger partial charge in [0.05, 0.1) is 18.4 Å². The van der Waals surface area contributed by atoms with Crippen molar-refractivity contribution in [1.82, 2.24) is 0 Å². The molecule has 2 aromatic rings. The maximum atomic E-state index is 8.99.